The number of nitrogens with zero attached hydrogens (tertiary/aromatic N) is 1. The number of ether oxygens (including phenoxy) is 1. The SMILES string of the molecule is C[NH+](Cc1ccccc1)Cc1c([O-])ccc2c1OC(=Cc1cccnc1)C2=O. The topological polar surface area (TPSA) is 66.7 Å². The molecule has 0 bridgehead atoms. The van der Waals surface area contributed by atoms with Gasteiger partial charge in [0.15, 0.2) is 5.76 Å². The van der Waals surface area contributed by atoms with Gasteiger partial charge in [-0.3, -0.25) is 9.78 Å². The van der Waals surface area contributed by atoms with E-state index in [2.05, 4.69) is 17.1 Å². The molecule has 0 amide bonds. The number of Topliss-reactive ketones (excluding diaryl/α,β-unsaturated/α-hetero) is 1. The van der Waals surface area contributed by atoms with Crippen LogP contribution in [-0.4, -0.2) is 17.8 Å². The first-order valence-corrected chi connectivity index (χ1v) is 9.14. The fourth-order valence-corrected chi connectivity index (χ4v) is 3.38. The molecule has 1 atom stereocenters. The van der Waals surface area contributed by atoms with Crippen LogP contribution in [0.4, 0.5) is 0 Å². The molecule has 4 rings (SSSR count). The second-order valence-corrected chi connectivity index (χ2v) is 6.94. The monoisotopic (exact) mass is 372 g/mol. The average molecular weight is 372 g/mol. The van der Waals surface area contributed by atoms with E-state index in [1.165, 1.54) is 11.6 Å². The highest BCUT2D eigenvalue weighted by molar-refractivity contribution is 6.14. The third-order valence-electron chi connectivity index (χ3n) is 4.71. The zero-order valence-corrected chi connectivity index (χ0v) is 15.5. The van der Waals surface area contributed by atoms with Gasteiger partial charge in [0, 0.05) is 23.5 Å². The number of ketones is 1. The van der Waals surface area contributed by atoms with Gasteiger partial charge in [-0.15, -0.1) is 0 Å². The van der Waals surface area contributed by atoms with Crippen molar-refractivity contribution in [1.29, 1.82) is 0 Å². The molecule has 1 aliphatic heterocycles. The van der Waals surface area contributed by atoms with Crippen LogP contribution in [0.5, 0.6) is 11.5 Å². The molecule has 5 nitrogen and oxygen atoms in total. The highest BCUT2D eigenvalue weighted by atomic mass is 16.5. The number of aromatic nitrogens is 1. The fourth-order valence-electron chi connectivity index (χ4n) is 3.38. The van der Waals surface area contributed by atoms with Crippen LogP contribution in [-0.2, 0) is 13.1 Å². The second-order valence-electron chi connectivity index (χ2n) is 6.94. The van der Waals surface area contributed by atoms with Crippen LogP contribution in [0.15, 0.2) is 72.8 Å². The van der Waals surface area contributed by atoms with Crippen molar-refractivity contribution < 1.29 is 19.5 Å². The lowest BCUT2D eigenvalue weighted by molar-refractivity contribution is -0.907. The number of carbonyl (C=O) groups excluding carboxylic acids is 1. The summed E-state index contributed by atoms with van der Waals surface area (Å²) >= 11 is 0. The summed E-state index contributed by atoms with van der Waals surface area (Å²) in [5.41, 5.74) is 2.94. The Balaban J connectivity index is 1.60. The zero-order valence-electron chi connectivity index (χ0n) is 15.5. The largest absolute Gasteiger partial charge is 0.872 e. The quantitative estimate of drug-likeness (QED) is 0.696. The van der Waals surface area contributed by atoms with Gasteiger partial charge >= 0.3 is 0 Å². The highest BCUT2D eigenvalue weighted by Crippen LogP contribution is 2.38. The van der Waals surface area contributed by atoms with Gasteiger partial charge in [-0.25, -0.2) is 0 Å². The van der Waals surface area contributed by atoms with Crippen molar-refractivity contribution in [3.8, 4) is 11.5 Å². The molecule has 140 valence electrons. The van der Waals surface area contributed by atoms with E-state index in [9.17, 15) is 9.90 Å². The normalized spacial score (nSPS) is 15.3. The molecule has 1 N–H and O–H groups in total. The van der Waals surface area contributed by atoms with E-state index in [0.717, 1.165) is 17.0 Å². The molecule has 2 heterocycles. The third-order valence-corrected chi connectivity index (χ3v) is 4.71. The summed E-state index contributed by atoms with van der Waals surface area (Å²) in [4.78, 5) is 17.9. The maximum atomic E-state index is 12.7. The number of hydrogen-bond acceptors (Lipinski definition) is 4. The van der Waals surface area contributed by atoms with Gasteiger partial charge in [0.25, 0.3) is 0 Å². The molecule has 2 aromatic carbocycles. The molecule has 0 spiro atoms. The summed E-state index contributed by atoms with van der Waals surface area (Å²) in [7, 11) is 2.02. The van der Waals surface area contributed by atoms with Crippen molar-refractivity contribution in [3.63, 3.8) is 0 Å². The molecule has 0 radical (unpaired) electrons. The molecule has 0 saturated carbocycles. The molecule has 1 aliphatic rings. The van der Waals surface area contributed by atoms with Gasteiger partial charge in [0.05, 0.1) is 12.6 Å². The van der Waals surface area contributed by atoms with Crippen LogP contribution >= 0.6 is 0 Å². The first kappa shape index (κ1) is 17.9. The number of rotatable bonds is 5. The molecule has 0 aliphatic carbocycles. The van der Waals surface area contributed by atoms with Gasteiger partial charge in [-0.1, -0.05) is 48.2 Å². The van der Waals surface area contributed by atoms with Crippen molar-refractivity contribution in [2.24, 2.45) is 0 Å². The van der Waals surface area contributed by atoms with E-state index in [4.69, 9.17) is 4.74 Å². The molecular formula is C23H20N2O3. The highest BCUT2D eigenvalue weighted by Gasteiger charge is 2.30. The minimum Gasteiger partial charge on any atom is -0.872 e. The molecule has 5 heteroatoms. The van der Waals surface area contributed by atoms with E-state index >= 15 is 0 Å². The maximum Gasteiger partial charge on any atom is 0.231 e. The molecule has 0 saturated heterocycles. The molecule has 28 heavy (non-hydrogen) atoms. The van der Waals surface area contributed by atoms with Crippen LogP contribution in [0, 0.1) is 0 Å². The van der Waals surface area contributed by atoms with E-state index in [-0.39, 0.29) is 17.3 Å². The Hall–Kier alpha value is -3.44. The number of fused-ring (bicyclic) bond motifs is 1. The first-order valence-electron chi connectivity index (χ1n) is 9.14. The second kappa shape index (κ2) is 7.66. The van der Waals surface area contributed by atoms with Gasteiger partial charge in [-0.05, 0) is 23.8 Å². The van der Waals surface area contributed by atoms with E-state index in [0.29, 0.717) is 23.4 Å². The molecular weight excluding hydrogens is 352 g/mol. The van der Waals surface area contributed by atoms with Gasteiger partial charge in [0.1, 0.15) is 18.8 Å². The van der Waals surface area contributed by atoms with Crippen LogP contribution in [0.2, 0.25) is 0 Å². The minimum absolute atomic E-state index is 0.110. The number of benzene rings is 2. The van der Waals surface area contributed by atoms with Gasteiger partial charge in [0.2, 0.25) is 5.78 Å². The summed E-state index contributed by atoms with van der Waals surface area (Å²) in [5.74, 6) is 0.290. The summed E-state index contributed by atoms with van der Waals surface area (Å²) < 4.78 is 5.86. The maximum absolute atomic E-state index is 12.7. The zero-order chi connectivity index (χ0) is 19.5. The summed E-state index contributed by atoms with van der Waals surface area (Å²) in [6.07, 6.45) is 4.98. The third kappa shape index (κ3) is 3.66. The average Bonchev–Trinajstić information content (AvgIpc) is 3.01. The summed E-state index contributed by atoms with van der Waals surface area (Å²) in [6.45, 7) is 1.25. The van der Waals surface area contributed by atoms with E-state index in [1.54, 1.807) is 30.6 Å². The Labute approximate surface area is 163 Å². The number of nitrogens with one attached hydrogen (secondary N) is 1. The van der Waals surface area contributed by atoms with Crippen LogP contribution in [0.3, 0.4) is 0 Å². The Bertz CT molecular complexity index is 1030. The Morgan fingerprint density at radius 3 is 2.64 bits per heavy atom. The van der Waals surface area contributed by atoms with Crippen molar-refractivity contribution >= 4 is 11.9 Å². The first-order chi connectivity index (χ1) is 13.6. The van der Waals surface area contributed by atoms with Gasteiger partial charge < -0.3 is 14.7 Å². The van der Waals surface area contributed by atoms with Crippen molar-refractivity contribution in [2.45, 2.75) is 13.1 Å². The van der Waals surface area contributed by atoms with E-state index in [1.807, 2.05) is 31.3 Å². The number of quaternary nitrogens is 1. The standard InChI is InChI=1S/C23H20N2O3/c1-25(14-16-6-3-2-4-7-16)15-19-20(26)10-9-18-22(27)21(28-23(18)19)12-17-8-5-11-24-13-17/h2-13,26H,14-15H2,1H3. The lowest BCUT2D eigenvalue weighted by Crippen LogP contribution is -3.06. The molecule has 1 aromatic heterocycles. The molecule has 1 unspecified atom stereocenters. The lowest BCUT2D eigenvalue weighted by atomic mass is 10.0. The van der Waals surface area contributed by atoms with Crippen LogP contribution in [0.1, 0.15) is 27.0 Å². The number of hydrogen-bond donors (Lipinski definition) is 1. The van der Waals surface area contributed by atoms with Crippen molar-refractivity contribution in [3.05, 3.63) is 95.0 Å². The summed E-state index contributed by atoms with van der Waals surface area (Å²) in [6, 6.07) is 16.8. The lowest BCUT2D eigenvalue weighted by Gasteiger charge is -2.20. The van der Waals surface area contributed by atoms with E-state index < -0.39 is 0 Å². The van der Waals surface area contributed by atoms with Crippen LogP contribution < -0.4 is 14.7 Å². The van der Waals surface area contributed by atoms with Gasteiger partial charge in [-0.2, -0.15) is 0 Å². The Kier molecular flexibility index (Phi) is 4.91. The van der Waals surface area contributed by atoms with Crippen molar-refractivity contribution in [2.75, 3.05) is 7.05 Å². The Morgan fingerprint density at radius 2 is 1.89 bits per heavy atom. The minimum atomic E-state index is -0.208. The predicted octanol–water partition coefficient (Wildman–Crippen LogP) is 1.99. The molecule has 3 aromatic rings. The number of carbonyl (C=O) groups is 1. The predicted molar refractivity (Wildman–Crippen MR) is 104 cm³/mol. The smallest absolute Gasteiger partial charge is 0.231 e. The fraction of sp³-hybridized carbons (Fsp3) is 0.130. The number of allylic oxidation sites excluding steroid dienone is 1. The van der Waals surface area contributed by atoms with Crippen LogP contribution in [0.25, 0.3) is 6.08 Å². The summed E-state index contributed by atoms with van der Waals surface area (Å²) in [5, 5.41) is 12.5. The van der Waals surface area contributed by atoms with Crippen molar-refractivity contribution in [1.82, 2.24) is 4.98 Å². The number of pyridine rings is 1. The Morgan fingerprint density at radius 1 is 1.07 bits per heavy atom. The molecule has 0 fully saturated rings.